The van der Waals surface area contributed by atoms with Gasteiger partial charge in [0, 0.05) is 19.3 Å². The highest BCUT2D eigenvalue weighted by molar-refractivity contribution is 7.89. The largest absolute Gasteiger partial charge is 0.368 e. The fourth-order valence-corrected chi connectivity index (χ4v) is 4.95. The van der Waals surface area contributed by atoms with Gasteiger partial charge in [-0.25, -0.2) is 13.4 Å². The molecule has 0 unspecified atom stereocenters. The molecule has 0 spiro atoms. The van der Waals surface area contributed by atoms with Crippen LogP contribution in [-0.2, 0) is 10.0 Å². The fraction of sp³-hybridized carbons (Fsp3) is 0.389. The monoisotopic (exact) mass is 387 g/mol. The van der Waals surface area contributed by atoms with Crippen LogP contribution < -0.4 is 10.0 Å². The number of para-hydroxylation sites is 1. The Labute approximate surface area is 158 Å². The first-order valence-electron chi connectivity index (χ1n) is 8.90. The molecule has 1 saturated heterocycles. The van der Waals surface area contributed by atoms with E-state index in [1.165, 1.54) is 6.20 Å². The van der Waals surface area contributed by atoms with Crippen LogP contribution in [-0.4, -0.2) is 48.4 Å². The first-order valence-corrected chi connectivity index (χ1v) is 10.4. The van der Waals surface area contributed by atoms with Gasteiger partial charge in [0.15, 0.2) is 0 Å². The number of rotatable bonds is 2. The number of fused-ring (bicyclic) bond motifs is 1. The minimum absolute atomic E-state index is 0.0984. The number of nitrogens with one attached hydrogen (secondary N) is 2. The number of benzene rings is 1. The summed E-state index contributed by atoms with van der Waals surface area (Å²) in [6, 6.07) is 6.88. The van der Waals surface area contributed by atoms with Crippen molar-refractivity contribution in [3.8, 4) is 0 Å². The molecule has 2 N–H and O–H groups in total. The summed E-state index contributed by atoms with van der Waals surface area (Å²) in [4.78, 5) is 22.9. The molecule has 0 saturated carbocycles. The Morgan fingerprint density at radius 3 is 2.59 bits per heavy atom. The summed E-state index contributed by atoms with van der Waals surface area (Å²) in [6.07, 6.45) is 4.11. The lowest BCUT2D eigenvalue weighted by atomic mass is 9.93. The van der Waals surface area contributed by atoms with Gasteiger partial charge in [0.1, 0.15) is 10.6 Å². The van der Waals surface area contributed by atoms with Crippen LogP contribution >= 0.6 is 0 Å². The van der Waals surface area contributed by atoms with Crippen molar-refractivity contribution in [3.05, 3.63) is 48.0 Å². The first-order chi connectivity index (χ1) is 12.9. The molecular weight excluding hydrogens is 366 g/mol. The zero-order chi connectivity index (χ0) is 19.0. The molecule has 1 aromatic carbocycles. The number of hydrogen-bond acceptors (Lipinski definition) is 6. The first kappa shape index (κ1) is 17.9. The van der Waals surface area contributed by atoms with Crippen LogP contribution in [0.15, 0.2) is 41.6 Å². The number of hydrogen-bond donors (Lipinski definition) is 2. The predicted octanol–water partition coefficient (Wildman–Crippen LogP) is 1.37. The smallest absolute Gasteiger partial charge is 0.274 e. The average molecular weight is 387 g/mol. The minimum atomic E-state index is -3.53. The molecular formula is C18H21N5O3S. The molecule has 27 heavy (non-hydrogen) atoms. The lowest BCUT2D eigenvalue weighted by Crippen LogP contribution is -2.52. The van der Waals surface area contributed by atoms with Crippen molar-refractivity contribution >= 4 is 21.6 Å². The SMILES string of the molecule is Cc1cnc(C(=O)N2CCC([C@@H]3Nc4ccccc4S(=O)(=O)N3)CC2)cn1. The third-order valence-electron chi connectivity index (χ3n) is 5.07. The van der Waals surface area contributed by atoms with E-state index in [-0.39, 0.29) is 22.9 Å². The number of carbonyl (C=O) groups is 1. The Kier molecular flexibility index (Phi) is 4.56. The molecule has 1 fully saturated rings. The summed E-state index contributed by atoms with van der Waals surface area (Å²) in [7, 11) is -3.53. The number of aryl methyl sites for hydroxylation is 1. The van der Waals surface area contributed by atoms with Gasteiger partial charge in [-0.1, -0.05) is 12.1 Å². The van der Waals surface area contributed by atoms with E-state index in [1.807, 2.05) is 13.0 Å². The molecule has 0 radical (unpaired) electrons. The number of piperidine rings is 1. The molecule has 4 rings (SSSR count). The van der Waals surface area contributed by atoms with Crippen LogP contribution in [0.25, 0.3) is 0 Å². The Balaban J connectivity index is 1.43. The van der Waals surface area contributed by atoms with Crippen LogP contribution in [0.5, 0.6) is 0 Å². The standard InChI is InChI=1S/C18H21N5O3S/c1-12-10-20-15(11-19-12)18(24)23-8-6-13(7-9-23)17-21-14-4-2-3-5-16(14)27(25,26)22-17/h2-5,10-11,13,17,21-22H,6-9H2,1H3/t17-/m1/s1. The van der Waals surface area contributed by atoms with Crippen molar-refractivity contribution < 1.29 is 13.2 Å². The highest BCUT2D eigenvalue weighted by Gasteiger charge is 2.36. The van der Waals surface area contributed by atoms with E-state index >= 15 is 0 Å². The normalized spacial score (nSPS) is 22.0. The van der Waals surface area contributed by atoms with Crippen molar-refractivity contribution in [1.82, 2.24) is 19.6 Å². The lowest BCUT2D eigenvalue weighted by Gasteiger charge is -2.38. The summed E-state index contributed by atoms with van der Waals surface area (Å²) >= 11 is 0. The maximum atomic E-state index is 12.6. The molecule has 0 bridgehead atoms. The Bertz CT molecular complexity index is 953. The van der Waals surface area contributed by atoms with Gasteiger partial charge >= 0.3 is 0 Å². The number of anilines is 1. The zero-order valence-electron chi connectivity index (χ0n) is 14.9. The molecule has 1 atom stereocenters. The van der Waals surface area contributed by atoms with Crippen LogP contribution in [0.3, 0.4) is 0 Å². The second-order valence-electron chi connectivity index (χ2n) is 6.91. The molecule has 1 amide bonds. The average Bonchev–Trinajstić information content (AvgIpc) is 2.68. The maximum absolute atomic E-state index is 12.6. The van der Waals surface area contributed by atoms with E-state index in [1.54, 1.807) is 29.3 Å². The topological polar surface area (TPSA) is 104 Å². The van der Waals surface area contributed by atoms with Gasteiger partial charge < -0.3 is 10.2 Å². The predicted molar refractivity (Wildman–Crippen MR) is 99.6 cm³/mol. The van der Waals surface area contributed by atoms with E-state index in [2.05, 4.69) is 20.0 Å². The van der Waals surface area contributed by atoms with Crippen molar-refractivity contribution in [2.75, 3.05) is 18.4 Å². The second-order valence-corrected chi connectivity index (χ2v) is 8.59. The molecule has 3 heterocycles. The summed E-state index contributed by atoms with van der Waals surface area (Å²) in [5.74, 6) is -0.0373. The van der Waals surface area contributed by atoms with E-state index in [0.29, 0.717) is 37.3 Å². The van der Waals surface area contributed by atoms with E-state index in [9.17, 15) is 13.2 Å². The zero-order valence-corrected chi connectivity index (χ0v) is 15.7. The van der Waals surface area contributed by atoms with E-state index in [0.717, 1.165) is 5.69 Å². The highest BCUT2D eigenvalue weighted by Crippen LogP contribution is 2.30. The molecule has 8 nitrogen and oxygen atoms in total. The molecule has 2 aliphatic rings. The summed E-state index contributed by atoms with van der Waals surface area (Å²) in [5.41, 5.74) is 1.72. The van der Waals surface area contributed by atoms with Gasteiger partial charge in [-0.2, -0.15) is 4.72 Å². The quantitative estimate of drug-likeness (QED) is 0.806. The van der Waals surface area contributed by atoms with Gasteiger partial charge in [-0.15, -0.1) is 0 Å². The van der Waals surface area contributed by atoms with Crippen molar-refractivity contribution in [1.29, 1.82) is 0 Å². The molecule has 9 heteroatoms. The summed E-state index contributed by atoms with van der Waals surface area (Å²) in [6.45, 7) is 2.93. The lowest BCUT2D eigenvalue weighted by molar-refractivity contribution is 0.0673. The second kappa shape index (κ2) is 6.90. The fourth-order valence-electron chi connectivity index (χ4n) is 3.56. The van der Waals surface area contributed by atoms with Gasteiger partial charge in [-0.3, -0.25) is 9.78 Å². The van der Waals surface area contributed by atoms with Gasteiger partial charge in [0.25, 0.3) is 5.91 Å². The van der Waals surface area contributed by atoms with Crippen LogP contribution in [0.1, 0.15) is 29.0 Å². The Morgan fingerprint density at radius 2 is 1.89 bits per heavy atom. The minimum Gasteiger partial charge on any atom is -0.368 e. The number of sulfonamides is 1. The van der Waals surface area contributed by atoms with E-state index < -0.39 is 10.0 Å². The number of amides is 1. The number of carbonyl (C=O) groups excluding carboxylic acids is 1. The molecule has 1 aromatic heterocycles. The summed E-state index contributed by atoms with van der Waals surface area (Å²) in [5, 5.41) is 3.29. The maximum Gasteiger partial charge on any atom is 0.274 e. The van der Waals surface area contributed by atoms with Gasteiger partial charge in [0.05, 0.1) is 23.7 Å². The van der Waals surface area contributed by atoms with E-state index in [4.69, 9.17) is 0 Å². The molecule has 2 aliphatic heterocycles. The van der Waals surface area contributed by atoms with Gasteiger partial charge in [0.2, 0.25) is 10.0 Å². The number of nitrogens with zero attached hydrogens (tertiary/aromatic N) is 3. The van der Waals surface area contributed by atoms with Gasteiger partial charge in [-0.05, 0) is 37.8 Å². The summed E-state index contributed by atoms with van der Waals surface area (Å²) < 4.78 is 27.7. The number of likely N-dealkylation sites (tertiary alicyclic amines) is 1. The third-order valence-corrected chi connectivity index (χ3v) is 6.57. The third kappa shape index (κ3) is 3.52. The van der Waals surface area contributed by atoms with Crippen molar-refractivity contribution in [3.63, 3.8) is 0 Å². The van der Waals surface area contributed by atoms with Crippen LogP contribution in [0, 0.1) is 12.8 Å². The van der Waals surface area contributed by atoms with Crippen molar-refractivity contribution in [2.24, 2.45) is 5.92 Å². The van der Waals surface area contributed by atoms with Crippen molar-refractivity contribution in [2.45, 2.75) is 30.8 Å². The van der Waals surface area contributed by atoms with Crippen LogP contribution in [0.4, 0.5) is 5.69 Å². The molecule has 142 valence electrons. The Morgan fingerprint density at radius 1 is 1.15 bits per heavy atom. The Hall–Kier alpha value is -2.52. The molecule has 0 aliphatic carbocycles. The molecule has 2 aromatic rings. The highest BCUT2D eigenvalue weighted by atomic mass is 32.2. The number of aromatic nitrogens is 2. The van der Waals surface area contributed by atoms with Crippen LogP contribution in [0.2, 0.25) is 0 Å².